The molecular formula is C10H9F4N. The van der Waals surface area contributed by atoms with Gasteiger partial charge in [0.25, 0.3) is 0 Å². The van der Waals surface area contributed by atoms with Crippen LogP contribution in [-0.2, 0) is 6.18 Å². The Kier molecular flexibility index (Phi) is 3.47. The zero-order chi connectivity index (χ0) is 11.5. The van der Waals surface area contributed by atoms with Gasteiger partial charge in [-0.05, 0) is 17.7 Å². The van der Waals surface area contributed by atoms with Crippen LogP contribution >= 0.6 is 0 Å². The van der Waals surface area contributed by atoms with Crippen molar-refractivity contribution < 1.29 is 17.6 Å². The topological polar surface area (TPSA) is 26.0 Å². The highest BCUT2D eigenvalue weighted by Gasteiger charge is 2.33. The zero-order valence-corrected chi connectivity index (χ0v) is 7.68. The first-order chi connectivity index (χ1) is 6.95. The molecule has 0 fully saturated rings. The van der Waals surface area contributed by atoms with Crippen LogP contribution in [0.25, 0.3) is 6.08 Å². The lowest BCUT2D eigenvalue weighted by molar-refractivity contribution is -0.140. The van der Waals surface area contributed by atoms with Gasteiger partial charge in [-0.1, -0.05) is 18.2 Å². The van der Waals surface area contributed by atoms with E-state index in [1.165, 1.54) is 18.2 Å². The minimum absolute atomic E-state index is 0.221. The van der Waals surface area contributed by atoms with Crippen molar-refractivity contribution in [2.24, 2.45) is 5.73 Å². The number of hydrogen-bond donors (Lipinski definition) is 1. The number of rotatable bonds is 2. The lowest BCUT2D eigenvalue weighted by Crippen LogP contribution is -2.08. The first-order valence-electron chi connectivity index (χ1n) is 4.18. The second kappa shape index (κ2) is 4.44. The van der Waals surface area contributed by atoms with E-state index < -0.39 is 17.6 Å². The summed E-state index contributed by atoms with van der Waals surface area (Å²) in [6, 6.07) is 2.80. The van der Waals surface area contributed by atoms with Crippen LogP contribution in [0, 0.1) is 5.82 Å². The van der Waals surface area contributed by atoms with E-state index in [0.717, 1.165) is 12.1 Å². The van der Waals surface area contributed by atoms with E-state index in [4.69, 9.17) is 5.73 Å². The molecule has 2 N–H and O–H groups in total. The minimum Gasteiger partial charge on any atom is -0.327 e. The molecule has 0 amide bonds. The molecule has 0 saturated carbocycles. The van der Waals surface area contributed by atoms with E-state index >= 15 is 0 Å². The van der Waals surface area contributed by atoms with Gasteiger partial charge < -0.3 is 5.73 Å². The van der Waals surface area contributed by atoms with Gasteiger partial charge in [0, 0.05) is 6.54 Å². The van der Waals surface area contributed by atoms with E-state index in [1.54, 1.807) is 0 Å². The lowest BCUT2D eigenvalue weighted by Gasteiger charge is -2.08. The van der Waals surface area contributed by atoms with Crippen LogP contribution in [0.5, 0.6) is 0 Å². The van der Waals surface area contributed by atoms with Crippen molar-refractivity contribution in [1.82, 2.24) is 0 Å². The molecule has 1 rings (SSSR count). The molecule has 0 heterocycles. The third kappa shape index (κ3) is 3.06. The van der Waals surface area contributed by atoms with Gasteiger partial charge in [0.1, 0.15) is 5.82 Å². The Balaban J connectivity index is 3.11. The maximum Gasteiger partial charge on any atom is 0.419 e. The summed E-state index contributed by atoms with van der Waals surface area (Å²) in [4.78, 5) is 0. The molecule has 0 aliphatic rings. The highest BCUT2D eigenvalue weighted by atomic mass is 19.4. The Morgan fingerprint density at radius 1 is 1.27 bits per heavy atom. The van der Waals surface area contributed by atoms with Gasteiger partial charge in [0.2, 0.25) is 0 Å². The normalized spacial score (nSPS) is 12.3. The summed E-state index contributed by atoms with van der Waals surface area (Å²) in [5.74, 6) is -1.27. The van der Waals surface area contributed by atoms with Crippen molar-refractivity contribution in [1.29, 1.82) is 0 Å². The van der Waals surface area contributed by atoms with Crippen molar-refractivity contribution in [3.8, 4) is 0 Å². The predicted octanol–water partition coefficient (Wildman–Crippen LogP) is 2.82. The van der Waals surface area contributed by atoms with Crippen LogP contribution in [0.3, 0.4) is 0 Å². The molecule has 1 aromatic carbocycles. The molecule has 0 atom stereocenters. The fraction of sp³-hybridized carbons (Fsp3) is 0.200. The van der Waals surface area contributed by atoms with Crippen molar-refractivity contribution in [2.75, 3.05) is 6.54 Å². The average Bonchev–Trinajstić information content (AvgIpc) is 2.15. The summed E-state index contributed by atoms with van der Waals surface area (Å²) < 4.78 is 49.6. The Hall–Kier alpha value is -1.36. The molecule has 0 aromatic heterocycles. The summed E-state index contributed by atoms with van der Waals surface area (Å²) in [7, 11) is 0. The molecule has 0 radical (unpaired) electrons. The lowest BCUT2D eigenvalue weighted by atomic mass is 10.1. The van der Waals surface area contributed by atoms with Gasteiger partial charge in [0.05, 0.1) is 5.56 Å². The van der Waals surface area contributed by atoms with Gasteiger partial charge >= 0.3 is 6.18 Å². The van der Waals surface area contributed by atoms with Crippen molar-refractivity contribution in [3.63, 3.8) is 0 Å². The van der Waals surface area contributed by atoms with E-state index in [2.05, 4.69) is 0 Å². The number of halogens is 4. The predicted molar refractivity (Wildman–Crippen MR) is 49.5 cm³/mol. The first kappa shape index (κ1) is 11.7. The molecule has 0 aliphatic heterocycles. The second-order valence-corrected chi connectivity index (χ2v) is 2.88. The van der Waals surface area contributed by atoms with Gasteiger partial charge in [-0.3, -0.25) is 0 Å². The number of nitrogens with two attached hydrogens (primary N) is 1. The average molecular weight is 219 g/mol. The Bertz CT molecular complexity index is 368. The summed E-state index contributed by atoms with van der Waals surface area (Å²) >= 11 is 0. The van der Waals surface area contributed by atoms with E-state index in [-0.39, 0.29) is 12.1 Å². The largest absolute Gasteiger partial charge is 0.419 e. The van der Waals surface area contributed by atoms with E-state index in [1.807, 2.05) is 0 Å². The maximum absolute atomic E-state index is 12.8. The highest BCUT2D eigenvalue weighted by molar-refractivity contribution is 5.51. The van der Waals surface area contributed by atoms with Crippen molar-refractivity contribution in [3.05, 3.63) is 41.2 Å². The summed E-state index contributed by atoms with van der Waals surface area (Å²) in [5.41, 5.74) is 4.16. The molecule has 5 heteroatoms. The Labute approximate surface area is 84.2 Å². The van der Waals surface area contributed by atoms with Crippen molar-refractivity contribution >= 4 is 6.08 Å². The standard InChI is InChI=1S/C10H9F4N/c11-9-4-3-7(2-1-5-15)6-8(9)10(12,13)14/h1-4,6H,5,15H2. The van der Waals surface area contributed by atoms with Crippen LogP contribution in [0.2, 0.25) is 0 Å². The number of hydrogen-bond acceptors (Lipinski definition) is 1. The Morgan fingerprint density at radius 2 is 1.93 bits per heavy atom. The summed E-state index contributed by atoms with van der Waals surface area (Å²) in [6.07, 6.45) is -1.77. The van der Waals surface area contributed by atoms with Gasteiger partial charge in [0.15, 0.2) is 0 Å². The maximum atomic E-state index is 12.8. The second-order valence-electron chi connectivity index (χ2n) is 2.88. The van der Waals surface area contributed by atoms with Crippen molar-refractivity contribution in [2.45, 2.75) is 6.18 Å². The minimum atomic E-state index is -4.67. The van der Waals surface area contributed by atoms with Gasteiger partial charge in [-0.25, -0.2) is 4.39 Å². The smallest absolute Gasteiger partial charge is 0.327 e. The highest BCUT2D eigenvalue weighted by Crippen LogP contribution is 2.32. The first-order valence-corrected chi connectivity index (χ1v) is 4.18. The number of benzene rings is 1. The summed E-state index contributed by atoms with van der Waals surface area (Å²) in [6.45, 7) is 0.221. The monoisotopic (exact) mass is 219 g/mol. The molecule has 0 aliphatic carbocycles. The van der Waals surface area contributed by atoms with Crippen LogP contribution in [-0.4, -0.2) is 6.54 Å². The zero-order valence-electron chi connectivity index (χ0n) is 7.68. The fourth-order valence-corrected chi connectivity index (χ4v) is 1.07. The van der Waals surface area contributed by atoms with Crippen LogP contribution in [0.1, 0.15) is 11.1 Å². The molecule has 0 unspecified atom stereocenters. The third-order valence-electron chi connectivity index (χ3n) is 1.74. The fourth-order valence-electron chi connectivity index (χ4n) is 1.07. The molecule has 1 nitrogen and oxygen atoms in total. The molecule has 82 valence electrons. The van der Waals surface area contributed by atoms with Crippen LogP contribution in [0.4, 0.5) is 17.6 Å². The van der Waals surface area contributed by atoms with Gasteiger partial charge in [-0.15, -0.1) is 0 Å². The summed E-state index contributed by atoms with van der Waals surface area (Å²) in [5, 5.41) is 0. The molecular weight excluding hydrogens is 210 g/mol. The quantitative estimate of drug-likeness (QED) is 0.760. The molecule has 0 saturated heterocycles. The SMILES string of the molecule is NCC=Cc1ccc(F)c(C(F)(F)F)c1. The van der Waals surface area contributed by atoms with Crippen LogP contribution < -0.4 is 5.73 Å². The molecule has 0 spiro atoms. The molecule has 0 bridgehead atoms. The Morgan fingerprint density at radius 3 is 2.47 bits per heavy atom. The van der Waals surface area contributed by atoms with E-state index in [9.17, 15) is 17.6 Å². The van der Waals surface area contributed by atoms with Gasteiger partial charge in [-0.2, -0.15) is 13.2 Å². The molecule has 15 heavy (non-hydrogen) atoms. The third-order valence-corrected chi connectivity index (χ3v) is 1.74. The molecule has 1 aromatic rings. The number of alkyl halides is 3. The van der Waals surface area contributed by atoms with Crippen LogP contribution in [0.15, 0.2) is 24.3 Å². The van der Waals surface area contributed by atoms with E-state index in [0.29, 0.717) is 0 Å².